The van der Waals surface area contributed by atoms with Gasteiger partial charge in [-0.15, -0.1) is 0 Å². The molecule has 0 aromatic heterocycles. The predicted molar refractivity (Wildman–Crippen MR) is 39.4 cm³/mol. The smallest absolute Gasteiger partial charge is 0.0939 e. The molecule has 0 fully saturated rings. The van der Waals surface area contributed by atoms with Crippen LogP contribution in [0.4, 0.5) is 0 Å². The summed E-state index contributed by atoms with van der Waals surface area (Å²) in [5.41, 5.74) is 0.351. The highest BCUT2D eigenvalue weighted by Gasteiger charge is 1.99. The Morgan fingerprint density at radius 3 is 2.80 bits per heavy atom. The second kappa shape index (κ2) is 4.89. The highest BCUT2D eigenvalue weighted by Crippen LogP contribution is 1.80. The van der Waals surface area contributed by atoms with Crippen LogP contribution in [0.5, 0.6) is 0 Å². The molecule has 0 rings (SSSR count). The van der Waals surface area contributed by atoms with Gasteiger partial charge in [-0.3, -0.25) is 0 Å². The predicted octanol–water partition coefficient (Wildman–Crippen LogP) is -0.338. The van der Waals surface area contributed by atoms with Gasteiger partial charge in [0.05, 0.1) is 12.3 Å². The summed E-state index contributed by atoms with van der Waals surface area (Å²) in [6.45, 7) is 2.49. The van der Waals surface area contributed by atoms with E-state index < -0.39 is 0 Å². The number of nitrogens with one attached hydrogen (secondary N) is 1. The van der Waals surface area contributed by atoms with E-state index in [9.17, 15) is 0 Å². The SMILES string of the molecule is CCN(O)CC(C=N)=NN. The Labute approximate surface area is 59.6 Å². The fourth-order valence-corrected chi connectivity index (χ4v) is 0.423. The van der Waals surface area contributed by atoms with Crippen molar-refractivity contribution >= 4 is 11.9 Å². The van der Waals surface area contributed by atoms with Crippen molar-refractivity contribution in [3.8, 4) is 0 Å². The quantitative estimate of drug-likeness (QED) is 0.286. The van der Waals surface area contributed by atoms with Gasteiger partial charge in [0, 0.05) is 12.8 Å². The maximum absolute atomic E-state index is 8.88. The minimum Gasteiger partial charge on any atom is -0.323 e. The number of hydrazone groups is 1. The second-order valence-electron chi connectivity index (χ2n) is 1.75. The highest BCUT2D eigenvalue weighted by atomic mass is 16.5. The van der Waals surface area contributed by atoms with Crippen molar-refractivity contribution in [3.05, 3.63) is 0 Å². The Kier molecular flexibility index (Phi) is 4.43. The zero-order valence-corrected chi connectivity index (χ0v) is 5.91. The van der Waals surface area contributed by atoms with Gasteiger partial charge < -0.3 is 16.5 Å². The lowest BCUT2D eigenvalue weighted by Gasteiger charge is -2.09. The van der Waals surface area contributed by atoms with Gasteiger partial charge in [-0.05, 0) is 0 Å². The molecular formula is C5H12N4O. The molecule has 0 aliphatic carbocycles. The fraction of sp³-hybridized carbons (Fsp3) is 0.600. The summed E-state index contributed by atoms with van der Waals surface area (Å²) < 4.78 is 0. The van der Waals surface area contributed by atoms with Crippen molar-refractivity contribution in [1.29, 1.82) is 5.41 Å². The minimum atomic E-state index is 0.205. The molecule has 0 unspecified atom stereocenters. The Hall–Kier alpha value is -0.940. The molecule has 0 bridgehead atoms. The molecular weight excluding hydrogens is 132 g/mol. The van der Waals surface area contributed by atoms with Gasteiger partial charge in [-0.1, -0.05) is 6.92 Å². The van der Waals surface area contributed by atoms with E-state index in [1.165, 1.54) is 0 Å². The fourth-order valence-electron chi connectivity index (χ4n) is 0.423. The average molecular weight is 144 g/mol. The summed E-state index contributed by atoms with van der Waals surface area (Å²) >= 11 is 0. The number of hydrogen-bond acceptors (Lipinski definition) is 5. The van der Waals surface area contributed by atoms with Gasteiger partial charge in [-0.25, -0.2) is 0 Å². The molecule has 0 aromatic carbocycles. The standard InChI is InChI=1S/C5H12N4O/c1-2-9(10)4-5(3-6)8-7/h3,6,10H,2,4,7H2,1H3. The molecule has 58 valence electrons. The molecule has 0 amide bonds. The molecule has 0 aliphatic rings. The third kappa shape index (κ3) is 3.16. The first-order valence-corrected chi connectivity index (χ1v) is 2.95. The van der Waals surface area contributed by atoms with E-state index in [0.29, 0.717) is 12.3 Å². The maximum atomic E-state index is 8.88. The van der Waals surface area contributed by atoms with Crippen molar-refractivity contribution in [2.24, 2.45) is 10.9 Å². The number of hydroxylamine groups is 2. The van der Waals surface area contributed by atoms with Crippen molar-refractivity contribution < 1.29 is 5.21 Å². The first-order chi connectivity index (χ1) is 4.74. The Balaban J connectivity index is 3.75. The van der Waals surface area contributed by atoms with Crippen molar-refractivity contribution in [2.75, 3.05) is 13.1 Å². The number of rotatable bonds is 4. The first kappa shape index (κ1) is 9.06. The molecule has 0 aromatic rings. The molecule has 5 heteroatoms. The Morgan fingerprint density at radius 1 is 1.90 bits per heavy atom. The lowest BCUT2D eigenvalue weighted by molar-refractivity contribution is -0.0709. The van der Waals surface area contributed by atoms with E-state index in [2.05, 4.69) is 5.10 Å². The van der Waals surface area contributed by atoms with E-state index >= 15 is 0 Å². The van der Waals surface area contributed by atoms with Crippen LogP contribution in [0.25, 0.3) is 0 Å². The van der Waals surface area contributed by atoms with Crippen LogP contribution in [0.1, 0.15) is 6.92 Å². The lowest BCUT2D eigenvalue weighted by Crippen LogP contribution is -2.27. The van der Waals surface area contributed by atoms with Gasteiger partial charge in [0.2, 0.25) is 0 Å². The van der Waals surface area contributed by atoms with Crippen LogP contribution >= 0.6 is 0 Å². The molecule has 0 aliphatic heterocycles. The van der Waals surface area contributed by atoms with E-state index in [1.807, 2.05) is 0 Å². The average Bonchev–Trinajstić information content (AvgIpc) is 1.99. The summed E-state index contributed by atoms with van der Waals surface area (Å²) in [5.74, 6) is 4.89. The van der Waals surface area contributed by atoms with E-state index in [1.54, 1.807) is 6.92 Å². The van der Waals surface area contributed by atoms with Gasteiger partial charge in [0.25, 0.3) is 0 Å². The van der Waals surface area contributed by atoms with Gasteiger partial charge in [0.1, 0.15) is 0 Å². The number of hydrogen-bond donors (Lipinski definition) is 3. The normalized spacial score (nSPS) is 12.1. The monoisotopic (exact) mass is 144 g/mol. The molecule has 0 atom stereocenters. The van der Waals surface area contributed by atoms with E-state index in [4.69, 9.17) is 16.5 Å². The zero-order valence-electron chi connectivity index (χ0n) is 5.91. The summed E-state index contributed by atoms with van der Waals surface area (Å²) in [4.78, 5) is 0. The van der Waals surface area contributed by atoms with Gasteiger partial charge in [-0.2, -0.15) is 10.2 Å². The topological polar surface area (TPSA) is 85.7 Å². The van der Waals surface area contributed by atoms with Crippen LogP contribution in [0.2, 0.25) is 0 Å². The largest absolute Gasteiger partial charge is 0.323 e. The van der Waals surface area contributed by atoms with E-state index in [-0.39, 0.29) is 6.54 Å². The first-order valence-electron chi connectivity index (χ1n) is 2.95. The van der Waals surface area contributed by atoms with Crippen molar-refractivity contribution in [2.45, 2.75) is 6.92 Å². The Bertz CT molecular complexity index is 134. The summed E-state index contributed by atoms with van der Waals surface area (Å²) in [5, 5.41) is 19.9. The summed E-state index contributed by atoms with van der Waals surface area (Å²) in [7, 11) is 0. The molecule has 0 heterocycles. The lowest BCUT2D eigenvalue weighted by atomic mass is 10.4. The van der Waals surface area contributed by atoms with Gasteiger partial charge >= 0.3 is 0 Å². The second-order valence-corrected chi connectivity index (χ2v) is 1.75. The third-order valence-electron chi connectivity index (χ3n) is 1.04. The van der Waals surface area contributed by atoms with Gasteiger partial charge in [0.15, 0.2) is 0 Å². The van der Waals surface area contributed by atoms with E-state index in [0.717, 1.165) is 11.3 Å². The maximum Gasteiger partial charge on any atom is 0.0939 e. The van der Waals surface area contributed by atoms with Crippen molar-refractivity contribution in [3.63, 3.8) is 0 Å². The molecule has 4 N–H and O–H groups in total. The van der Waals surface area contributed by atoms with Crippen LogP contribution < -0.4 is 5.84 Å². The molecule has 10 heavy (non-hydrogen) atoms. The molecule has 0 saturated heterocycles. The van der Waals surface area contributed by atoms with Crippen LogP contribution in [0.3, 0.4) is 0 Å². The van der Waals surface area contributed by atoms with Crippen LogP contribution in [-0.2, 0) is 0 Å². The Morgan fingerprint density at radius 2 is 2.50 bits per heavy atom. The number of nitrogens with two attached hydrogens (primary N) is 1. The van der Waals surface area contributed by atoms with Crippen LogP contribution in [0, 0.1) is 5.41 Å². The van der Waals surface area contributed by atoms with Crippen LogP contribution in [0.15, 0.2) is 5.10 Å². The third-order valence-corrected chi connectivity index (χ3v) is 1.04. The summed E-state index contributed by atoms with van der Waals surface area (Å²) in [6.07, 6.45) is 1.01. The van der Waals surface area contributed by atoms with Crippen LogP contribution in [-0.4, -0.2) is 35.3 Å². The zero-order chi connectivity index (χ0) is 7.98. The molecule has 0 spiro atoms. The summed E-state index contributed by atoms with van der Waals surface area (Å²) in [6, 6.07) is 0. The molecule has 0 saturated carbocycles. The number of nitrogens with zero attached hydrogens (tertiary/aromatic N) is 2. The van der Waals surface area contributed by atoms with Crippen molar-refractivity contribution in [1.82, 2.24) is 5.06 Å². The molecule has 0 radical (unpaired) electrons. The highest BCUT2D eigenvalue weighted by molar-refractivity contribution is 6.30. The minimum absolute atomic E-state index is 0.205. The molecule has 5 nitrogen and oxygen atoms in total.